The van der Waals surface area contributed by atoms with Crippen LogP contribution in [0.4, 0.5) is 0 Å². The molecule has 2 aliphatic heterocycles. The molecular weight excluding hydrogens is 606 g/mol. The van der Waals surface area contributed by atoms with E-state index in [4.69, 9.17) is 0 Å². The van der Waals surface area contributed by atoms with Crippen molar-refractivity contribution in [3.63, 3.8) is 0 Å². The van der Waals surface area contributed by atoms with Crippen molar-refractivity contribution in [1.82, 2.24) is 0 Å². The molecule has 31 heavy (non-hydrogen) atoms. The van der Waals surface area contributed by atoms with Crippen LogP contribution in [0, 0.1) is 0 Å². The molecule has 2 aromatic carbocycles. The molecule has 0 unspecified atom stereocenters. The van der Waals surface area contributed by atoms with Crippen LogP contribution >= 0.6 is 0 Å². The van der Waals surface area contributed by atoms with Gasteiger partial charge in [0.2, 0.25) is 0 Å². The summed E-state index contributed by atoms with van der Waals surface area (Å²) in [5.41, 5.74) is 3.05. The van der Waals surface area contributed by atoms with E-state index in [1.807, 2.05) is 0 Å². The molecule has 2 fully saturated rings. The maximum Gasteiger partial charge on any atom is 0.104 e. The van der Waals surface area contributed by atoms with E-state index in [1.165, 1.54) is 117 Å². The van der Waals surface area contributed by atoms with Crippen LogP contribution in [0.3, 0.4) is 0 Å². The second kappa shape index (κ2) is 13.5. The standard InChI is InChI=1S/C27H40N2.2HI/c1-4-14-26(15-5-1)24-28(20-10-11-21-28)18-8-3-9-19-29(22-12-13-23-29)25-27-16-6-2-7-17-27;;/h1-2,4-7,14-17H,3,8-13,18-25H2;2*1H/q+2;;/p-2. The summed E-state index contributed by atoms with van der Waals surface area (Å²) in [5, 5.41) is 0. The lowest BCUT2D eigenvalue weighted by molar-refractivity contribution is -0.931. The molecule has 2 heterocycles. The normalized spacial score (nSPS) is 18.8. The molecule has 0 atom stereocenters. The third kappa shape index (κ3) is 7.97. The topological polar surface area (TPSA) is 0 Å². The molecule has 172 valence electrons. The number of nitrogens with zero attached hydrogens (tertiary/aromatic N) is 2. The summed E-state index contributed by atoms with van der Waals surface area (Å²) in [4.78, 5) is 0. The molecule has 4 rings (SSSR count). The van der Waals surface area contributed by atoms with E-state index in [9.17, 15) is 0 Å². The number of rotatable bonds is 10. The minimum Gasteiger partial charge on any atom is -1.00 e. The summed E-state index contributed by atoms with van der Waals surface area (Å²) in [6.07, 6.45) is 9.89. The Labute approximate surface area is 224 Å². The lowest BCUT2D eigenvalue weighted by Gasteiger charge is -2.36. The van der Waals surface area contributed by atoms with Crippen molar-refractivity contribution in [2.75, 3.05) is 39.3 Å². The lowest BCUT2D eigenvalue weighted by Crippen LogP contribution is -3.00. The molecule has 0 saturated carbocycles. The zero-order valence-electron chi connectivity index (χ0n) is 19.0. The molecule has 2 aliphatic rings. The van der Waals surface area contributed by atoms with Gasteiger partial charge in [-0.05, 0) is 19.3 Å². The predicted molar refractivity (Wildman–Crippen MR) is 122 cm³/mol. The van der Waals surface area contributed by atoms with Gasteiger partial charge in [0.25, 0.3) is 0 Å². The van der Waals surface area contributed by atoms with E-state index in [2.05, 4.69) is 60.7 Å². The summed E-state index contributed by atoms with van der Waals surface area (Å²) in [6, 6.07) is 22.4. The maximum absolute atomic E-state index is 2.32. The molecule has 2 saturated heterocycles. The minimum absolute atomic E-state index is 0. The van der Waals surface area contributed by atoms with Gasteiger partial charge in [0.1, 0.15) is 13.1 Å². The Hall–Kier alpha value is -0.180. The molecular formula is C27H40I2N2. The van der Waals surface area contributed by atoms with Gasteiger partial charge < -0.3 is 56.9 Å². The van der Waals surface area contributed by atoms with Crippen LogP contribution in [0.2, 0.25) is 0 Å². The van der Waals surface area contributed by atoms with E-state index in [0.717, 1.165) is 0 Å². The predicted octanol–water partition coefficient (Wildman–Crippen LogP) is -0.214. The summed E-state index contributed by atoms with van der Waals surface area (Å²) in [6.45, 7) is 10.8. The summed E-state index contributed by atoms with van der Waals surface area (Å²) in [7, 11) is 0. The van der Waals surface area contributed by atoms with Gasteiger partial charge in [-0.15, -0.1) is 0 Å². The number of hydrogen-bond donors (Lipinski definition) is 0. The molecule has 0 amide bonds. The number of quaternary nitrogens is 2. The van der Waals surface area contributed by atoms with Gasteiger partial charge in [-0.2, -0.15) is 0 Å². The Kier molecular flexibility index (Phi) is 11.8. The second-order valence-electron chi connectivity index (χ2n) is 9.79. The third-order valence-corrected chi connectivity index (χ3v) is 7.52. The van der Waals surface area contributed by atoms with Crippen LogP contribution in [-0.2, 0) is 13.1 Å². The van der Waals surface area contributed by atoms with Crippen molar-refractivity contribution in [3.8, 4) is 0 Å². The van der Waals surface area contributed by atoms with E-state index < -0.39 is 0 Å². The molecule has 0 aromatic heterocycles. The monoisotopic (exact) mass is 646 g/mol. The number of likely N-dealkylation sites (tertiary alicyclic amines) is 2. The summed E-state index contributed by atoms with van der Waals surface area (Å²) in [5.74, 6) is 0. The van der Waals surface area contributed by atoms with Crippen LogP contribution < -0.4 is 48.0 Å². The average molecular weight is 646 g/mol. The van der Waals surface area contributed by atoms with Crippen molar-refractivity contribution in [3.05, 3.63) is 71.8 Å². The number of benzene rings is 2. The summed E-state index contributed by atoms with van der Waals surface area (Å²) >= 11 is 0. The first kappa shape index (κ1) is 27.1. The fraction of sp³-hybridized carbons (Fsp3) is 0.556. The maximum atomic E-state index is 2.32. The lowest BCUT2D eigenvalue weighted by atomic mass is 10.1. The first-order chi connectivity index (χ1) is 14.3. The van der Waals surface area contributed by atoms with E-state index in [1.54, 1.807) is 0 Å². The zero-order chi connectivity index (χ0) is 19.8. The van der Waals surface area contributed by atoms with Crippen molar-refractivity contribution >= 4 is 0 Å². The minimum atomic E-state index is 0. The molecule has 4 heteroatoms. The SMILES string of the molecule is [I-].[I-].c1ccc(C[N+]2(CCCCC[N+]3(Cc4ccccc4)CCCC3)CCCC2)cc1. The Bertz CT molecular complexity index is 660. The van der Waals surface area contributed by atoms with Crippen LogP contribution in [0.5, 0.6) is 0 Å². The van der Waals surface area contributed by atoms with Crippen molar-refractivity contribution in [2.24, 2.45) is 0 Å². The molecule has 0 bridgehead atoms. The van der Waals surface area contributed by atoms with Crippen LogP contribution in [0.1, 0.15) is 56.1 Å². The van der Waals surface area contributed by atoms with Crippen molar-refractivity contribution in [1.29, 1.82) is 0 Å². The van der Waals surface area contributed by atoms with E-state index >= 15 is 0 Å². The van der Waals surface area contributed by atoms with Gasteiger partial charge >= 0.3 is 0 Å². The van der Waals surface area contributed by atoms with Crippen LogP contribution in [-0.4, -0.2) is 48.2 Å². The smallest absolute Gasteiger partial charge is 0.104 e. The van der Waals surface area contributed by atoms with Gasteiger partial charge in [-0.1, -0.05) is 60.7 Å². The first-order valence-electron chi connectivity index (χ1n) is 12.1. The van der Waals surface area contributed by atoms with Gasteiger partial charge in [0.15, 0.2) is 0 Å². The van der Waals surface area contributed by atoms with Crippen molar-refractivity contribution < 1.29 is 56.9 Å². The fourth-order valence-electron chi connectivity index (χ4n) is 5.95. The highest BCUT2D eigenvalue weighted by molar-refractivity contribution is 5.14. The number of unbranched alkanes of at least 4 members (excludes halogenated alkanes) is 2. The van der Waals surface area contributed by atoms with Gasteiger partial charge in [-0.25, -0.2) is 0 Å². The number of hydrogen-bond acceptors (Lipinski definition) is 0. The summed E-state index contributed by atoms with van der Waals surface area (Å²) < 4.78 is 2.68. The first-order valence-corrected chi connectivity index (χ1v) is 12.1. The Morgan fingerprint density at radius 3 is 1.19 bits per heavy atom. The van der Waals surface area contributed by atoms with Gasteiger partial charge in [0.05, 0.1) is 39.3 Å². The Balaban J connectivity index is 0.00000171. The van der Waals surface area contributed by atoms with Gasteiger partial charge in [0, 0.05) is 36.8 Å². The second-order valence-corrected chi connectivity index (χ2v) is 9.79. The van der Waals surface area contributed by atoms with E-state index in [-0.39, 0.29) is 48.0 Å². The molecule has 0 N–H and O–H groups in total. The van der Waals surface area contributed by atoms with Crippen LogP contribution in [0.15, 0.2) is 60.7 Å². The Morgan fingerprint density at radius 1 is 0.484 bits per heavy atom. The Morgan fingerprint density at radius 2 is 0.839 bits per heavy atom. The van der Waals surface area contributed by atoms with Gasteiger partial charge in [-0.3, -0.25) is 0 Å². The highest BCUT2D eigenvalue weighted by Gasteiger charge is 2.33. The average Bonchev–Trinajstić information content (AvgIpc) is 3.40. The highest BCUT2D eigenvalue weighted by Crippen LogP contribution is 2.27. The third-order valence-electron chi connectivity index (χ3n) is 7.52. The fourth-order valence-corrected chi connectivity index (χ4v) is 5.95. The van der Waals surface area contributed by atoms with Crippen molar-refractivity contribution in [2.45, 2.75) is 58.0 Å². The molecule has 2 nitrogen and oxygen atoms in total. The molecule has 2 aromatic rings. The number of halogens is 2. The highest BCUT2D eigenvalue weighted by atomic mass is 127. The zero-order valence-corrected chi connectivity index (χ0v) is 23.3. The molecule has 0 aliphatic carbocycles. The molecule has 0 radical (unpaired) electrons. The largest absolute Gasteiger partial charge is 1.00 e. The van der Waals surface area contributed by atoms with Crippen LogP contribution in [0.25, 0.3) is 0 Å². The van der Waals surface area contributed by atoms with E-state index in [0.29, 0.717) is 0 Å². The quantitative estimate of drug-likeness (QED) is 0.191. The molecule has 0 spiro atoms.